The first-order chi connectivity index (χ1) is 10.8. The van der Waals surface area contributed by atoms with E-state index in [2.05, 4.69) is 0 Å². The number of carbonyl (C=O) groups excluding carboxylic acids is 1. The Morgan fingerprint density at radius 3 is 1.82 bits per heavy atom. The summed E-state index contributed by atoms with van der Waals surface area (Å²) in [5.74, 6) is -0.0629. The maximum absolute atomic E-state index is 11.4. The molecule has 2 saturated heterocycles. The first-order valence-corrected chi connectivity index (χ1v) is 9.23. The van der Waals surface area contributed by atoms with Crippen LogP contribution in [0.1, 0.15) is 77.0 Å². The predicted octanol–water partition coefficient (Wildman–Crippen LogP) is 4.01. The molecule has 128 valence electrons. The largest absolute Gasteiger partial charge is 0.463 e. The van der Waals surface area contributed by atoms with Crippen LogP contribution >= 0.6 is 0 Å². The molecule has 0 aromatic heterocycles. The van der Waals surface area contributed by atoms with E-state index in [0.717, 1.165) is 26.1 Å². The van der Waals surface area contributed by atoms with Gasteiger partial charge in [0.2, 0.25) is 0 Å². The summed E-state index contributed by atoms with van der Waals surface area (Å²) in [7, 11) is 0. The molecular formula is C18H32O4. The molecule has 2 atom stereocenters. The van der Waals surface area contributed by atoms with Crippen molar-refractivity contribution in [3.8, 4) is 0 Å². The van der Waals surface area contributed by atoms with Crippen LogP contribution in [0.25, 0.3) is 0 Å². The molecule has 0 N–H and O–H groups in total. The zero-order valence-corrected chi connectivity index (χ0v) is 13.9. The van der Waals surface area contributed by atoms with E-state index in [1.54, 1.807) is 0 Å². The fourth-order valence-electron chi connectivity index (χ4n) is 2.71. The first kappa shape index (κ1) is 17.7. The number of carbonyl (C=O) groups is 1. The fourth-order valence-corrected chi connectivity index (χ4v) is 2.71. The first-order valence-electron chi connectivity index (χ1n) is 9.23. The Morgan fingerprint density at radius 2 is 1.27 bits per heavy atom. The van der Waals surface area contributed by atoms with Crippen LogP contribution in [0.4, 0.5) is 0 Å². The monoisotopic (exact) mass is 312 g/mol. The van der Waals surface area contributed by atoms with Gasteiger partial charge in [-0.15, -0.1) is 0 Å². The summed E-state index contributed by atoms with van der Waals surface area (Å²) in [6, 6.07) is 0. The molecule has 0 spiro atoms. The van der Waals surface area contributed by atoms with Gasteiger partial charge in [0.05, 0.1) is 19.3 Å². The molecule has 0 aliphatic carbocycles. The highest BCUT2D eigenvalue weighted by Crippen LogP contribution is 2.18. The van der Waals surface area contributed by atoms with Crippen molar-refractivity contribution in [2.75, 3.05) is 19.8 Å². The van der Waals surface area contributed by atoms with E-state index in [9.17, 15) is 4.79 Å². The Labute approximate surface area is 134 Å². The van der Waals surface area contributed by atoms with Crippen molar-refractivity contribution in [2.24, 2.45) is 0 Å². The molecule has 0 amide bonds. The maximum Gasteiger partial charge on any atom is 0.305 e. The van der Waals surface area contributed by atoms with Crippen LogP contribution in [0.15, 0.2) is 0 Å². The normalized spacial score (nSPS) is 22.5. The molecule has 2 aliphatic heterocycles. The lowest BCUT2D eigenvalue weighted by molar-refractivity contribution is -0.144. The lowest BCUT2D eigenvalue weighted by Gasteiger charge is -2.04. The van der Waals surface area contributed by atoms with Gasteiger partial charge in [0.25, 0.3) is 0 Å². The number of unbranched alkanes of at least 4 members (excludes halogenated alkanes) is 9. The highest BCUT2D eigenvalue weighted by molar-refractivity contribution is 5.69. The van der Waals surface area contributed by atoms with E-state index in [0.29, 0.717) is 19.1 Å². The molecule has 0 aromatic carbocycles. The van der Waals surface area contributed by atoms with Gasteiger partial charge in [-0.2, -0.15) is 0 Å². The highest BCUT2D eigenvalue weighted by Gasteiger charge is 2.24. The lowest BCUT2D eigenvalue weighted by atomic mass is 10.0. The van der Waals surface area contributed by atoms with Gasteiger partial charge >= 0.3 is 5.97 Å². The second-order valence-electron chi connectivity index (χ2n) is 6.67. The van der Waals surface area contributed by atoms with Crippen molar-refractivity contribution in [1.82, 2.24) is 0 Å². The van der Waals surface area contributed by atoms with E-state index < -0.39 is 0 Å². The SMILES string of the molecule is O=C(CCCCCCCCCCCCC1CO1)OCC1CO1. The van der Waals surface area contributed by atoms with Crippen LogP contribution in [-0.2, 0) is 19.0 Å². The molecule has 2 heterocycles. The number of hydrogen-bond donors (Lipinski definition) is 0. The second kappa shape index (κ2) is 11.0. The molecule has 0 radical (unpaired) electrons. The molecule has 4 nitrogen and oxygen atoms in total. The molecule has 0 aromatic rings. The molecule has 4 heteroatoms. The highest BCUT2D eigenvalue weighted by atomic mass is 16.6. The smallest absolute Gasteiger partial charge is 0.305 e. The molecule has 0 saturated carbocycles. The molecular weight excluding hydrogens is 280 g/mol. The average molecular weight is 312 g/mol. The van der Waals surface area contributed by atoms with E-state index in [-0.39, 0.29) is 12.1 Å². The third-order valence-electron chi connectivity index (χ3n) is 4.39. The average Bonchev–Trinajstić information content (AvgIpc) is 3.40. The van der Waals surface area contributed by atoms with Crippen molar-refractivity contribution in [3.05, 3.63) is 0 Å². The van der Waals surface area contributed by atoms with Gasteiger partial charge in [0, 0.05) is 6.42 Å². The number of hydrogen-bond acceptors (Lipinski definition) is 4. The Balaban J connectivity index is 1.22. The topological polar surface area (TPSA) is 51.4 Å². The summed E-state index contributed by atoms with van der Waals surface area (Å²) < 4.78 is 15.3. The van der Waals surface area contributed by atoms with Crippen LogP contribution in [0, 0.1) is 0 Å². The Bertz CT molecular complexity index is 297. The molecule has 22 heavy (non-hydrogen) atoms. The zero-order chi connectivity index (χ0) is 15.5. The van der Waals surface area contributed by atoms with Crippen LogP contribution in [-0.4, -0.2) is 38.0 Å². The summed E-state index contributed by atoms with van der Waals surface area (Å²) in [5.41, 5.74) is 0. The van der Waals surface area contributed by atoms with Gasteiger partial charge < -0.3 is 14.2 Å². The van der Waals surface area contributed by atoms with Gasteiger partial charge in [0.15, 0.2) is 0 Å². The standard InChI is InChI=1S/C18H32O4/c19-18(22-15-17-14-21-17)12-10-8-6-4-2-1-3-5-7-9-11-16-13-20-16/h16-17H,1-15H2. The quantitative estimate of drug-likeness (QED) is 0.260. The van der Waals surface area contributed by atoms with Gasteiger partial charge in [-0.1, -0.05) is 57.8 Å². The van der Waals surface area contributed by atoms with Crippen molar-refractivity contribution in [3.63, 3.8) is 0 Å². The van der Waals surface area contributed by atoms with E-state index >= 15 is 0 Å². The lowest BCUT2D eigenvalue weighted by Crippen LogP contribution is -2.09. The van der Waals surface area contributed by atoms with Crippen molar-refractivity contribution < 1.29 is 19.0 Å². The van der Waals surface area contributed by atoms with Gasteiger partial charge in [-0.05, 0) is 12.8 Å². The minimum atomic E-state index is -0.0629. The van der Waals surface area contributed by atoms with Crippen LogP contribution in [0.3, 0.4) is 0 Å². The Hall–Kier alpha value is -0.610. The Morgan fingerprint density at radius 1 is 0.773 bits per heavy atom. The van der Waals surface area contributed by atoms with Crippen LogP contribution in [0.5, 0.6) is 0 Å². The van der Waals surface area contributed by atoms with Crippen LogP contribution in [0.2, 0.25) is 0 Å². The molecule has 2 aliphatic rings. The summed E-state index contributed by atoms with van der Waals surface area (Å²) in [6.07, 6.45) is 15.5. The number of esters is 1. The molecule has 2 unspecified atom stereocenters. The fraction of sp³-hybridized carbons (Fsp3) is 0.944. The van der Waals surface area contributed by atoms with Gasteiger partial charge in [-0.3, -0.25) is 4.79 Å². The van der Waals surface area contributed by atoms with Crippen molar-refractivity contribution in [2.45, 2.75) is 89.3 Å². The third kappa shape index (κ3) is 10.2. The minimum absolute atomic E-state index is 0.0629. The van der Waals surface area contributed by atoms with E-state index in [1.807, 2.05) is 0 Å². The summed E-state index contributed by atoms with van der Waals surface area (Å²) in [5, 5.41) is 0. The van der Waals surface area contributed by atoms with Gasteiger partial charge in [-0.25, -0.2) is 0 Å². The zero-order valence-electron chi connectivity index (χ0n) is 13.9. The number of ether oxygens (including phenoxy) is 3. The molecule has 2 rings (SSSR count). The van der Waals surface area contributed by atoms with Crippen molar-refractivity contribution in [1.29, 1.82) is 0 Å². The van der Waals surface area contributed by atoms with E-state index in [1.165, 1.54) is 57.8 Å². The van der Waals surface area contributed by atoms with Crippen LogP contribution < -0.4 is 0 Å². The minimum Gasteiger partial charge on any atom is -0.463 e. The predicted molar refractivity (Wildman–Crippen MR) is 85.8 cm³/mol. The summed E-state index contributed by atoms with van der Waals surface area (Å²) in [4.78, 5) is 11.4. The van der Waals surface area contributed by atoms with Gasteiger partial charge in [0.1, 0.15) is 12.7 Å². The molecule has 2 fully saturated rings. The maximum atomic E-state index is 11.4. The van der Waals surface area contributed by atoms with E-state index in [4.69, 9.17) is 14.2 Å². The summed E-state index contributed by atoms with van der Waals surface area (Å²) >= 11 is 0. The Kier molecular flexibility index (Phi) is 8.88. The third-order valence-corrected chi connectivity index (χ3v) is 4.39. The summed E-state index contributed by atoms with van der Waals surface area (Å²) in [6.45, 7) is 2.21. The molecule has 0 bridgehead atoms. The second-order valence-corrected chi connectivity index (χ2v) is 6.67. The van der Waals surface area contributed by atoms with Crippen molar-refractivity contribution >= 4 is 5.97 Å². The number of epoxide rings is 2. The number of rotatable bonds is 15.